The number of aromatic nitrogens is 5. The van der Waals surface area contributed by atoms with Crippen molar-refractivity contribution in [3.63, 3.8) is 0 Å². The summed E-state index contributed by atoms with van der Waals surface area (Å²) in [4.78, 5) is 23.8. The van der Waals surface area contributed by atoms with Gasteiger partial charge in [0.15, 0.2) is 11.6 Å². The molecule has 0 atom stereocenters. The molecule has 1 aromatic carbocycles. The van der Waals surface area contributed by atoms with E-state index in [0.717, 1.165) is 0 Å². The van der Waals surface area contributed by atoms with E-state index >= 15 is 0 Å². The molecule has 3 N–H and O–H groups in total. The predicted molar refractivity (Wildman–Crippen MR) is 103 cm³/mol. The second-order valence-corrected chi connectivity index (χ2v) is 6.17. The summed E-state index contributed by atoms with van der Waals surface area (Å²) >= 11 is 0. The van der Waals surface area contributed by atoms with Gasteiger partial charge in [-0.1, -0.05) is 18.2 Å². The van der Waals surface area contributed by atoms with E-state index in [4.69, 9.17) is 10.2 Å². The van der Waals surface area contributed by atoms with E-state index < -0.39 is 0 Å². The fourth-order valence-electron chi connectivity index (χ4n) is 2.76. The van der Waals surface area contributed by atoms with E-state index in [1.54, 1.807) is 28.9 Å². The first-order chi connectivity index (χ1) is 14.0. The number of benzene rings is 1. The first-order valence-corrected chi connectivity index (χ1v) is 8.63. The quantitative estimate of drug-likeness (QED) is 0.534. The third-order valence-electron chi connectivity index (χ3n) is 4.07. The Bertz CT molecular complexity index is 1170. The van der Waals surface area contributed by atoms with Gasteiger partial charge in [0.05, 0.1) is 18.9 Å². The molecule has 1 amide bonds. The van der Waals surface area contributed by atoms with Gasteiger partial charge in [-0.15, -0.1) is 0 Å². The number of nitrogen functional groups attached to an aromatic ring is 1. The van der Waals surface area contributed by atoms with Crippen LogP contribution in [0.4, 0.5) is 15.9 Å². The highest BCUT2D eigenvalue weighted by Gasteiger charge is 2.18. The minimum Gasteiger partial charge on any atom is -0.443 e. The number of amides is 1. The van der Waals surface area contributed by atoms with Gasteiger partial charge in [0.25, 0.3) is 0 Å². The lowest BCUT2D eigenvalue weighted by atomic mass is 10.2. The molecule has 0 saturated carbocycles. The molecule has 4 rings (SSSR count). The van der Waals surface area contributed by atoms with E-state index in [1.807, 2.05) is 0 Å². The SMILES string of the molecule is CC(=O)Nc1cnc(-c2cc(-c3ncco3)n(Cc3ccccc3F)n2)nc1N. The highest BCUT2D eigenvalue weighted by atomic mass is 19.1. The Morgan fingerprint density at radius 3 is 2.83 bits per heavy atom. The summed E-state index contributed by atoms with van der Waals surface area (Å²) in [7, 11) is 0. The molecule has 4 aromatic rings. The summed E-state index contributed by atoms with van der Waals surface area (Å²) in [6.07, 6.45) is 4.35. The Hall–Kier alpha value is -4.08. The average molecular weight is 393 g/mol. The Kier molecular flexibility index (Phi) is 4.73. The van der Waals surface area contributed by atoms with Crippen molar-refractivity contribution in [3.8, 4) is 23.1 Å². The fraction of sp³-hybridized carbons (Fsp3) is 0.105. The highest BCUT2D eigenvalue weighted by molar-refractivity contribution is 5.91. The predicted octanol–water partition coefficient (Wildman–Crippen LogP) is 2.72. The highest BCUT2D eigenvalue weighted by Crippen LogP contribution is 2.26. The fourth-order valence-corrected chi connectivity index (χ4v) is 2.76. The van der Waals surface area contributed by atoms with E-state index in [-0.39, 0.29) is 29.9 Å². The first-order valence-electron chi connectivity index (χ1n) is 8.63. The smallest absolute Gasteiger partial charge is 0.244 e. The van der Waals surface area contributed by atoms with Gasteiger partial charge in [0.2, 0.25) is 11.8 Å². The second-order valence-electron chi connectivity index (χ2n) is 6.17. The maximum absolute atomic E-state index is 14.1. The lowest BCUT2D eigenvalue weighted by Crippen LogP contribution is -2.10. The van der Waals surface area contributed by atoms with Crippen molar-refractivity contribution in [3.05, 3.63) is 60.4 Å². The largest absolute Gasteiger partial charge is 0.443 e. The lowest BCUT2D eigenvalue weighted by Gasteiger charge is -2.06. The van der Waals surface area contributed by atoms with Crippen LogP contribution < -0.4 is 11.1 Å². The summed E-state index contributed by atoms with van der Waals surface area (Å²) in [5.41, 5.74) is 7.60. The number of anilines is 2. The molecule has 0 bridgehead atoms. The monoisotopic (exact) mass is 393 g/mol. The van der Waals surface area contributed by atoms with Crippen LogP contribution in [0, 0.1) is 5.82 Å². The molecule has 0 radical (unpaired) electrons. The average Bonchev–Trinajstić information content (AvgIpc) is 3.34. The van der Waals surface area contributed by atoms with Crippen molar-refractivity contribution in [2.24, 2.45) is 0 Å². The van der Waals surface area contributed by atoms with Gasteiger partial charge in [-0.25, -0.2) is 19.3 Å². The van der Waals surface area contributed by atoms with Crippen LogP contribution in [-0.2, 0) is 11.3 Å². The van der Waals surface area contributed by atoms with Crippen LogP contribution in [-0.4, -0.2) is 30.6 Å². The Morgan fingerprint density at radius 1 is 1.31 bits per heavy atom. The van der Waals surface area contributed by atoms with Gasteiger partial charge in [0, 0.05) is 18.6 Å². The molecule has 10 heteroatoms. The molecule has 0 aliphatic carbocycles. The lowest BCUT2D eigenvalue weighted by molar-refractivity contribution is -0.114. The molecule has 0 spiro atoms. The Labute approximate surface area is 164 Å². The van der Waals surface area contributed by atoms with E-state index in [0.29, 0.717) is 28.5 Å². The number of hydrogen-bond acceptors (Lipinski definition) is 7. The zero-order chi connectivity index (χ0) is 20.4. The molecule has 0 aliphatic rings. The first kappa shape index (κ1) is 18.3. The minimum absolute atomic E-state index is 0.103. The number of hydrogen-bond donors (Lipinski definition) is 2. The summed E-state index contributed by atoms with van der Waals surface area (Å²) in [6, 6.07) is 8.11. The van der Waals surface area contributed by atoms with Crippen LogP contribution in [0.15, 0.2) is 53.4 Å². The van der Waals surface area contributed by atoms with Crippen LogP contribution in [0.5, 0.6) is 0 Å². The number of nitrogens with one attached hydrogen (secondary N) is 1. The molecule has 0 saturated heterocycles. The van der Waals surface area contributed by atoms with Crippen molar-refractivity contribution in [1.82, 2.24) is 24.7 Å². The summed E-state index contributed by atoms with van der Waals surface area (Å²) < 4.78 is 21.1. The number of nitrogens with zero attached hydrogens (tertiary/aromatic N) is 5. The number of oxazole rings is 1. The molecule has 0 unspecified atom stereocenters. The maximum atomic E-state index is 14.1. The minimum atomic E-state index is -0.344. The summed E-state index contributed by atoms with van der Waals surface area (Å²) in [5, 5.41) is 7.04. The Balaban J connectivity index is 1.75. The van der Waals surface area contributed by atoms with Crippen molar-refractivity contribution in [1.29, 1.82) is 0 Å². The van der Waals surface area contributed by atoms with Gasteiger partial charge in [-0.05, 0) is 6.07 Å². The van der Waals surface area contributed by atoms with Crippen LogP contribution in [0.2, 0.25) is 0 Å². The number of halogens is 1. The zero-order valence-corrected chi connectivity index (χ0v) is 15.3. The Morgan fingerprint density at radius 2 is 2.14 bits per heavy atom. The molecule has 146 valence electrons. The molecular formula is C19H16FN7O2. The topological polar surface area (TPSA) is 125 Å². The molecule has 9 nitrogen and oxygen atoms in total. The normalized spacial score (nSPS) is 10.8. The second kappa shape index (κ2) is 7.50. The van der Waals surface area contributed by atoms with E-state index in [1.165, 1.54) is 31.6 Å². The number of carbonyl (C=O) groups is 1. The zero-order valence-electron chi connectivity index (χ0n) is 15.3. The number of carbonyl (C=O) groups excluding carboxylic acids is 1. The molecular weight excluding hydrogens is 377 g/mol. The third kappa shape index (κ3) is 3.81. The van der Waals surface area contributed by atoms with Gasteiger partial charge in [0.1, 0.15) is 29.2 Å². The molecule has 3 aromatic heterocycles. The van der Waals surface area contributed by atoms with Crippen LogP contribution in [0.1, 0.15) is 12.5 Å². The van der Waals surface area contributed by atoms with E-state index in [9.17, 15) is 9.18 Å². The van der Waals surface area contributed by atoms with Crippen molar-refractivity contribution in [2.45, 2.75) is 13.5 Å². The van der Waals surface area contributed by atoms with Crippen LogP contribution in [0.3, 0.4) is 0 Å². The standard InChI is InChI=1S/C19H16FN7O2/c1-11(28)24-15-9-23-18(25-17(15)21)14-8-16(19-22-6-7-29-19)27(26-14)10-12-4-2-3-5-13(12)20/h2-9H,10H2,1H3,(H,24,28)(H2,21,23,25). The summed E-state index contributed by atoms with van der Waals surface area (Å²) in [5.74, 6) is 0.0441. The van der Waals surface area contributed by atoms with Crippen LogP contribution in [0.25, 0.3) is 23.1 Å². The van der Waals surface area contributed by atoms with Crippen molar-refractivity contribution < 1.29 is 13.6 Å². The maximum Gasteiger partial charge on any atom is 0.244 e. The van der Waals surface area contributed by atoms with Gasteiger partial charge < -0.3 is 15.5 Å². The van der Waals surface area contributed by atoms with Gasteiger partial charge in [-0.3, -0.25) is 9.48 Å². The van der Waals surface area contributed by atoms with Gasteiger partial charge >= 0.3 is 0 Å². The van der Waals surface area contributed by atoms with E-state index in [2.05, 4.69) is 25.4 Å². The number of rotatable bonds is 5. The van der Waals surface area contributed by atoms with Crippen molar-refractivity contribution in [2.75, 3.05) is 11.1 Å². The third-order valence-corrected chi connectivity index (χ3v) is 4.07. The van der Waals surface area contributed by atoms with Crippen molar-refractivity contribution >= 4 is 17.4 Å². The summed E-state index contributed by atoms with van der Waals surface area (Å²) in [6.45, 7) is 1.52. The molecule has 3 heterocycles. The molecule has 0 fully saturated rings. The van der Waals surface area contributed by atoms with Gasteiger partial charge in [-0.2, -0.15) is 5.10 Å². The van der Waals surface area contributed by atoms with Crippen LogP contribution >= 0.6 is 0 Å². The number of nitrogens with two attached hydrogens (primary N) is 1. The molecule has 29 heavy (non-hydrogen) atoms. The molecule has 0 aliphatic heterocycles.